The Morgan fingerprint density at radius 2 is 1.00 bits per heavy atom. The summed E-state index contributed by atoms with van der Waals surface area (Å²) in [6.45, 7) is 14.9. The smallest absolute Gasteiger partial charge is 0.145 e. The predicted molar refractivity (Wildman–Crippen MR) is 153 cm³/mol. The van der Waals surface area contributed by atoms with Gasteiger partial charge in [-0.15, -0.1) is 11.5 Å². The van der Waals surface area contributed by atoms with Crippen molar-refractivity contribution in [3.8, 4) is 11.5 Å². The molecule has 184 valence electrons. The molecule has 0 fully saturated rings. The first-order valence-electron chi connectivity index (χ1n) is 13.2. The lowest BCUT2D eigenvalue weighted by Crippen LogP contribution is -2.43. The molecule has 0 amide bonds. The molecule has 35 heavy (non-hydrogen) atoms. The molecule has 3 rings (SSSR count). The van der Waals surface area contributed by atoms with Crippen molar-refractivity contribution in [2.24, 2.45) is 0 Å². The number of rotatable bonds is 10. The quantitative estimate of drug-likeness (QED) is 0.121. The lowest BCUT2D eigenvalue weighted by molar-refractivity contribution is 0.0121. The van der Waals surface area contributed by atoms with E-state index >= 15 is 0 Å². The molecule has 0 radical (unpaired) electrons. The maximum Gasteiger partial charge on any atom is 0.145 e. The number of hydrogen-bond acceptors (Lipinski definition) is 1. The Kier molecular flexibility index (Phi) is 9.55. The zero-order valence-corrected chi connectivity index (χ0v) is 23.4. The van der Waals surface area contributed by atoms with Crippen molar-refractivity contribution < 1.29 is 4.74 Å². The lowest BCUT2D eigenvalue weighted by atomic mass is 9.80. The summed E-state index contributed by atoms with van der Waals surface area (Å²) in [6.07, 6.45) is 1.79. The fraction of sp³-hybridized carbons (Fsp3) is 0.394. The molecule has 1 nitrogen and oxygen atoms in total. The second-order valence-corrected chi connectivity index (χ2v) is 16.0. The molecule has 3 aromatic carbocycles. The molecule has 0 heterocycles. The summed E-state index contributed by atoms with van der Waals surface area (Å²) in [6, 6.07) is 31.8. The highest BCUT2D eigenvalue weighted by Crippen LogP contribution is 2.42. The molecule has 0 aliphatic rings. The number of ether oxygens (including phenoxy) is 1. The minimum absolute atomic E-state index is 0.646. The Balaban J connectivity index is 1.88. The van der Waals surface area contributed by atoms with Crippen molar-refractivity contribution in [2.45, 2.75) is 76.6 Å². The molecule has 0 saturated carbocycles. The first-order valence-corrected chi connectivity index (χ1v) is 15.4. The van der Waals surface area contributed by atoms with Crippen molar-refractivity contribution in [3.63, 3.8) is 0 Å². The summed E-state index contributed by atoms with van der Waals surface area (Å²) >= 11 is 0. The summed E-state index contributed by atoms with van der Waals surface area (Å²) in [5.41, 5.74) is 8.63. The van der Waals surface area contributed by atoms with Crippen LogP contribution in [-0.2, 0) is 10.3 Å². The fourth-order valence-electron chi connectivity index (χ4n) is 5.80. The van der Waals surface area contributed by atoms with Gasteiger partial charge in [0.25, 0.3) is 0 Å². The van der Waals surface area contributed by atoms with E-state index in [1.54, 1.807) is 0 Å². The Hall–Kier alpha value is -2.60. The van der Waals surface area contributed by atoms with Crippen molar-refractivity contribution in [1.29, 1.82) is 0 Å². The predicted octanol–water partition coefficient (Wildman–Crippen LogP) is 9.00. The Bertz CT molecular complexity index is 957. The van der Waals surface area contributed by atoms with Crippen LogP contribution in [0.4, 0.5) is 0 Å². The number of benzene rings is 3. The standard InChI is InChI=1S/C33H42OSi/c1-27(2)35(28(3)4,29(5)6)26-18-10-17-25-34-33(30-19-11-7-12-20-30,31-21-13-8-14-22-31)32-23-15-9-16-24-32/h7-9,11-16,19-24,27-29H,10,17,25H2,1-6H3. The minimum Gasteiger partial charge on any atom is -0.361 e. The molecule has 0 aliphatic carbocycles. The van der Waals surface area contributed by atoms with Gasteiger partial charge in [0.05, 0.1) is 0 Å². The third-order valence-electron chi connectivity index (χ3n) is 7.48. The highest BCUT2D eigenvalue weighted by Gasteiger charge is 2.41. The molecular weight excluding hydrogens is 440 g/mol. The third-order valence-corrected chi connectivity index (χ3v) is 13.8. The second kappa shape index (κ2) is 12.4. The summed E-state index contributed by atoms with van der Waals surface area (Å²) in [5.74, 6) is 3.61. The van der Waals surface area contributed by atoms with Crippen LogP contribution in [0.3, 0.4) is 0 Å². The second-order valence-electron chi connectivity index (χ2n) is 10.4. The van der Waals surface area contributed by atoms with Gasteiger partial charge in [-0.3, -0.25) is 0 Å². The van der Waals surface area contributed by atoms with Crippen LogP contribution in [-0.4, -0.2) is 14.7 Å². The summed E-state index contributed by atoms with van der Waals surface area (Å²) in [5, 5.41) is 0. The van der Waals surface area contributed by atoms with E-state index in [1.165, 1.54) is 0 Å². The maximum atomic E-state index is 6.91. The largest absolute Gasteiger partial charge is 0.361 e. The molecule has 2 heteroatoms. The Morgan fingerprint density at radius 3 is 1.34 bits per heavy atom. The number of unbranched alkanes of at least 4 members (excludes halogenated alkanes) is 1. The van der Waals surface area contributed by atoms with E-state index in [-0.39, 0.29) is 0 Å². The monoisotopic (exact) mass is 482 g/mol. The summed E-state index contributed by atoms with van der Waals surface area (Å²) < 4.78 is 6.91. The average molecular weight is 483 g/mol. The molecule has 3 aromatic rings. The van der Waals surface area contributed by atoms with Crippen LogP contribution >= 0.6 is 0 Å². The van der Waals surface area contributed by atoms with E-state index in [0.717, 1.165) is 29.5 Å². The SMILES string of the molecule is CC(C)[Si](C#CCCCOC(c1ccccc1)(c1ccccc1)c1ccccc1)(C(C)C)C(C)C. The van der Waals surface area contributed by atoms with Gasteiger partial charge in [0.1, 0.15) is 13.7 Å². The van der Waals surface area contributed by atoms with E-state index in [0.29, 0.717) is 23.2 Å². The molecule has 0 atom stereocenters. The van der Waals surface area contributed by atoms with Gasteiger partial charge in [0.15, 0.2) is 0 Å². The first-order chi connectivity index (χ1) is 16.9. The van der Waals surface area contributed by atoms with Crippen LogP contribution < -0.4 is 0 Å². The molecular formula is C33H42OSi. The van der Waals surface area contributed by atoms with E-state index in [9.17, 15) is 0 Å². The van der Waals surface area contributed by atoms with Crippen LogP contribution in [0.1, 0.15) is 71.1 Å². The molecule has 0 aliphatic heterocycles. The van der Waals surface area contributed by atoms with E-state index in [1.807, 2.05) is 0 Å². The minimum atomic E-state index is -1.68. The average Bonchev–Trinajstić information content (AvgIpc) is 2.87. The Morgan fingerprint density at radius 1 is 0.629 bits per heavy atom. The van der Waals surface area contributed by atoms with Crippen LogP contribution in [0.2, 0.25) is 16.6 Å². The topological polar surface area (TPSA) is 9.23 Å². The van der Waals surface area contributed by atoms with Crippen LogP contribution in [0, 0.1) is 11.5 Å². The van der Waals surface area contributed by atoms with Gasteiger partial charge < -0.3 is 4.74 Å². The van der Waals surface area contributed by atoms with Crippen LogP contribution in [0.25, 0.3) is 0 Å². The Labute approximate surface area is 215 Å². The lowest BCUT2D eigenvalue weighted by Gasteiger charge is -2.38. The van der Waals surface area contributed by atoms with Crippen LogP contribution in [0.15, 0.2) is 91.0 Å². The van der Waals surface area contributed by atoms with Crippen LogP contribution in [0.5, 0.6) is 0 Å². The van der Waals surface area contributed by atoms with E-state index in [2.05, 4.69) is 144 Å². The van der Waals surface area contributed by atoms with Crippen molar-refractivity contribution in [3.05, 3.63) is 108 Å². The van der Waals surface area contributed by atoms with Gasteiger partial charge in [0.2, 0.25) is 0 Å². The van der Waals surface area contributed by atoms with Crippen molar-refractivity contribution in [2.75, 3.05) is 6.61 Å². The van der Waals surface area contributed by atoms with Gasteiger partial charge >= 0.3 is 0 Å². The van der Waals surface area contributed by atoms with E-state index in [4.69, 9.17) is 4.74 Å². The highest BCUT2D eigenvalue weighted by molar-refractivity contribution is 6.90. The van der Waals surface area contributed by atoms with Gasteiger partial charge in [-0.05, 0) is 39.7 Å². The summed E-state index contributed by atoms with van der Waals surface area (Å²) in [7, 11) is -1.68. The fourth-order valence-corrected chi connectivity index (χ4v) is 11.1. The zero-order chi connectivity index (χ0) is 25.3. The number of hydrogen-bond donors (Lipinski definition) is 0. The normalized spacial score (nSPS) is 12.1. The molecule has 0 saturated heterocycles. The molecule has 0 N–H and O–H groups in total. The zero-order valence-electron chi connectivity index (χ0n) is 22.4. The van der Waals surface area contributed by atoms with Crippen molar-refractivity contribution in [1.82, 2.24) is 0 Å². The summed E-state index contributed by atoms with van der Waals surface area (Å²) in [4.78, 5) is 0. The van der Waals surface area contributed by atoms with E-state index < -0.39 is 13.7 Å². The first kappa shape index (κ1) is 27.0. The van der Waals surface area contributed by atoms with Gasteiger partial charge in [-0.1, -0.05) is 133 Å². The highest BCUT2D eigenvalue weighted by atomic mass is 28.3. The molecule has 0 bridgehead atoms. The molecule has 0 unspecified atom stereocenters. The third kappa shape index (κ3) is 5.80. The van der Waals surface area contributed by atoms with Gasteiger partial charge in [0, 0.05) is 13.0 Å². The maximum absolute atomic E-state index is 6.91. The van der Waals surface area contributed by atoms with Crippen molar-refractivity contribution >= 4 is 8.07 Å². The molecule has 0 aromatic heterocycles. The molecule has 0 spiro atoms. The van der Waals surface area contributed by atoms with Gasteiger partial charge in [-0.2, -0.15) is 0 Å². The van der Waals surface area contributed by atoms with Gasteiger partial charge in [-0.25, -0.2) is 0 Å².